The van der Waals surface area contributed by atoms with Crippen molar-refractivity contribution in [3.8, 4) is 11.5 Å². The molecule has 2 saturated carbocycles. The quantitative estimate of drug-likeness (QED) is 0.650. The lowest BCUT2D eigenvalue weighted by Gasteiger charge is -2.48. The van der Waals surface area contributed by atoms with Crippen molar-refractivity contribution in [3.63, 3.8) is 0 Å². The minimum Gasteiger partial charge on any atom is -0.496 e. The fraction of sp³-hybridized carbons (Fsp3) is 0.500. The molecule has 0 radical (unpaired) electrons. The van der Waals surface area contributed by atoms with Crippen molar-refractivity contribution < 1.29 is 34.0 Å². The molecule has 6 aliphatic rings. The molecule has 35 heavy (non-hydrogen) atoms. The Bertz CT molecular complexity index is 1290. The van der Waals surface area contributed by atoms with Gasteiger partial charge in [-0.15, -0.1) is 0 Å². The molecule has 2 aromatic rings. The van der Waals surface area contributed by atoms with Crippen LogP contribution in [-0.2, 0) is 14.3 Å². The van der Waals surface area contributed by atoms with Gasteiger partial charge in [-0.2, -0.15) is 0 Å². The Labute approximate surface area is 201 Å². The molecule has 6 bridgehead atoms. The van der Waals surface area contributed by atoms with Gasteiger partial charge in [0.2, 0.25) is 0 Å². The van der Waals surface area contributed by atoms with Crippen molar-refractivity contribution in [1.82, 2.24) is 0 Å². The van der Waals surface area contributed by atoms with Crippen molar-refractivity contribution in [3.05, 3.63) is 47.5 Å². The Morgan fingerprint density at radius 2 is 1.26 bits per heavy atom. The Morgan fingerprint density at radius 1 is 0.800 bits per heavy atom. The number of rotatable bonds is 4. The molecule has 4 aliphatic carbocycles. The van der Waals surface area contributed by atoms with E-state index in [0.29, 0.717) is 6.42 Å². The predicted octanol–water partition coefficient (Wildman–Crippen LogP) is 3.80. The zero-order chi connectivity index (χ0) is 24.0. The molecule has 7 nitrogen and oxygen atoms in total. The normalized spacial score (nSPS) is 44.5. The Morgan fingerprint density at radius 3 is 1.66 bits per heavy atom. The van der Waals surface area contributed by atoms with Crippen LogP contribution in [0.3, 0.4) is 0 Å². The van der Waals surface area contributed by atoms with Crippen molar-refractivity contribution in [1.29, 1.82) is 0 Å². The van der Waals surface area contributed by atoms with Crippen molar-refractivity contribution in [2.45, 2.75) is 35.9 Å². The molecule has 0 amide bonds. The van der Waals surface area contributed by atoms with E-state index in [1.54, 1.807) is 14.2 Å². The van der Waals surface area contributed by atoms with Crippen LogP contribution in [0, 0.1) is 35.5 Å². The minimum absolute atomic E-state index is 0.0508. The summed E-state index contributed by atoms with van der Waals surface area (Å²) in [6, 6.07) is 7.91. The maximum atomic E-state index is 13.2. The number of fused-ring (bicyclic) bond motifs is 20. The predicted molar refractivity (Wildman–Crippen MR) is 124 cm³/mol. The van der Waals surface area contributed by atoms with Crippen molar-refractivity contribution in [2.75, 3.05) is 14.2 Å². The maximum absolute atomic E-state index is 13.2. The molecule has 4 fully saturated rings. The summed E-state index contributed by atoms with van der Waals surface area (Å²) in [6.45, 7) is 0. The van der Waals surface area contributed by atoms with Crippen molar-refractivity contribution >= 4 is 22.7 Å². The van der Waals surface area contributed by atoms with E-state index in [0.717, 1.165) is 39.8 Å². The third-order valence-electron chi connectivity index (χ3n) is 10.6. The van der Waals surface area contributed by atoms with Crippen LogP contribution in [0.15, 0.2) is 36.4 Å². The number of benzene rings is 2. The van der Waals surface area contributed by atoms with Gasteiger partial charge in [0.05, 0.1) is 14.2 Å². The number of aliphatic carboxylic acids is 2. The standard InChI is InChI=1S/C28H26O7/c1-33-23-13-5-3-4-6-14(13)24(34-2)18-16-10-15(17(18)23)21-22(16)28(26(31)32)20-12-8-7-11(9-12)19(20)27(21,35-28)25(29)30/h3-8,11-12,15-16,19-22H,9-10H2,1-2H3,(H,29,30)(H,31,32)/t11-,12+,15-,16+,19+,20-,21-,22+,27+,28-. The first-order valence-electron chi connectivity index (χ1n) is 12.4. The Balaban J connectivity index is 1.45. The van der Waals surface area contributed by atoms with Crippen LogP contribution in [0.1, 0.15) is 35.8 Å². The Kier molecular flexibility index (Phi) is 3.46. The highest BCUT2D eigenvalue weighted by Crippen LogP contribution is 2.81. The summed E-state index contributed by atoms with van der Waals surface area (Å²) in [6.07, 6.45) is 5.72. The average Bonchev–Trinajstić information content (AvgIpc) is 3.66. The SMILES string of the molecule is COc1c2c(c(OC)c3ccccc13)[C@@H]1C[C@H]2[C@@H]2[C@H]1[C@]1(C(=O)O)O[C@@]2(C(=O)O)[C@@H]2[C@H]1[C@H]1C=C[C@@H]2C1. The second-order valence-electron chi connectivity index (χ2n) is 11.2. The largest absolute Gasteiger partial charge is 0.496 e. The van der Waals surface area contributed by atoms with E-state index in [1.165, 1.54) is 0 Å². The summed E-state index contributed by atoms with van der Waals surface area (Å²) in [7, 11) is 3.30. The molecule has 180 valence electrons. The number of hydrogen-bond donors (Lipinski definition) is 2. The maximum Gasteiger partial charge on any atom is 0.336 e. The van der Waals surface area contributed by atoms with Gasteiger partial charge in [0.25, 0.3) is 0 Å². The molecular weight excluding hydrogens is 448 g/mol. The minimum atomic E-state index is -1.50. The molecule has 7 heteroatoms. The van der Waals surface area contributed by atoms with Crippen molar-refractivity contribution in [2.24, 2.45) is 35.5 Å². The van der Waals surface area contributed by atoms with Gasteiger partial charge in [-0.25, -0.2) is 9.59 Å². The average molecular weight is 475 g/mol. The summed E-state index contributed by atoms with van der Waals surface area (Å²) in [5.41, 5.74) is -1.03. The van der Waals surface area contributed by atoms with Gasteiger partial charge in [0, 0.05) is 45.6 Å². The summed E-state index contributed by atoms with van der Waals surface area (Å²) in [5, 5.41) is 23.4. The van der Waals surface area contributed by atoms with E-state index in [1.807, 2.05) is 24.3 Å². The summed E-state index contributed by atoms with van der Waals surface area (Å²) < 4.78 is 18.5. The van der Waals surface area contributed by atoms with E-state index in [9.17, 15) is 19.8 Å². The van der Waals surface area contributed by atoms with Crippen LogP contribution >= 0.6 is 0 Å². The van der Waals surface area contributed by atoms with Gasteiger partial charge in [-0.3, -0.25) is 0 Å². The van der Waals surface area contributed by atoms with E-state index in [2.05, 4.69) is 12.2 Å². The van der Waals surface area contributed by atoms with Gasteiger partial charge < -0.3 is 24.4 Å². The molecule has 2 saturated heterocycles. The van der Waals surface area contributed by atoms with E-state index in [4.69, 9.17) is 14.2 Å². The van der Waals surface area contributed by atoms with Crippen LogP contribution in [0.2, 0.25) is 0 Å². The first kappa shape index (κ1) is 20.2. The molecule has 2 aromatic carbocycles. The number of ether oxygens (including phenoxy) is 3. The smallest absolute Gasteiger partial charge is 0.336 e. The number of methoxy groups -OCH3 is 2. The third-order valence-corrected chi connectivity index (χ3v) is 10.6. The summed E-state index contributed by atoms with van der Waals surface area (Å²) >= 11 is 0. The number of carbonyl (C=O) groups is 2. The zero-order valence-corrected chi connectivity index (χ0v) is 19.4. The second-order valence-corrected chi connectivity index (χ2v) is 11.2. The molecule has 0 unspecified atom stereocenters. The number of carboxylic acids is 2. The third kappa shape index (κ3) is 1.83. The van der Waals surface area contributed by atoms with Crippen LogP contribution < -0.4 is 9.47 Å². The second kappa shape index (κ2) is 6.01. The summed E-state index contributed by atoms with van der Waals surface area (Å²) in [4.78, 5) is 26.4. The highest BCUT2D eigenvalue weighted by Gasteiger charge is 2.88. The number of carboxylic acid groups (broad SMARTS) is 2. The lowest BCUT2D eigenvalue weighted by molar-refractivity contribution is -0.183. The fourth-order valence-corrected chi connectivity index (χ4v) is 10.0. The van der Waals surface area contributed by atoms with E-state index < -0.39 is 35.0 Å². The molecule has 0 spiro atoms. The first-order chi connectivity index (χ1) is 16.9. The Hall–Kier alpha value is -3.06. The molecule has 10 atom stereocenters. The lowest BCUT2D eigenvalue weighted by atomic mass is 9.50. The molecule has 0 aromatic heterocycles. The monoisotopic (exact) mass is 474 g/mol. The molecule has 2 heterocycles. The van der Waals surface area contributed by atoms with E-state index >= 15 is 0 Å². The number of allylic oxidation sites excluding steroid dienone is 2. The molecule has 8 rings (SSSR count). The molecule has 2 aliphatic heterocycles. The summed E-state index contributed by atoms with van der Waals surface area (Å²) in [5.74, 6) is -2.19. The van der Waals surface area contributed by atoms with E-state index in [-0.39, 0.29) is 35.5 Å². The molecular formula is C28H26O7. The highest BCUT2D eigenvalue weighted by atomic mass is 16.6. The topological polar surface area (TPSA) is 102 Å². The lowest BCUT2D eigenvalue weighted by Crippen LogP contribution is -2.59. The highest BCUT2D eigenvalue weighted by molar-refractivity contribution is 5.98. The van der Waals surface area contributed by atoms with Crippen LogP contribution in [0.5, 0.6) is 11.5 Å². The fourth-order valence-electron chi connectivity index (χ4n) is 10.0. The number of hydrogen-bond acceptors (Lipinski definition) is 5. The van der Waals surface area contributed by atoms with Crippen LogP contribution in [0.4, 0.5) is 0 Å². The first-order valence-corrected chi connectivity index (χ1v) is 12.4. The van der Waals surface area contributed by atoms with Gasteiger partial charge in [0.1, 0.15) is 11.5 Å². The van der Waals surface area contributed by atoms with Crippen LogP contribution in [-0.4, -0.2) is 47.6 Å². The zero-order valence-electron chi connectivity index (χ0n) is 19.4. The van der Waals surface area contributed by atoms with Gasteiger partial charge in [-0.05, 0) is 36.5 Å². The van der Waals surface area contributed by atoms with Gasteiger partial charge in [-0.1, -0.05) is 36.4 Å². The molecule has 2 N–H and O–H groups in total. The van der Waals surface area contributed by atoms with Crippen LogP contribution in [0.25, 0.3) is 10.8 Å². The van der Waals surface area contributed by atoms with Gasteiger partial charge >= 0.3 is 11.9 Å². The van der Waals surface area contributed by atoms with Gasteiger partial charge in [0.15, 0.2) is 11.2 Å².